The van der Waals surface area contributed by atoms with Crippen LogP contribution in [0.2, 0.25) is 0 Å². The molecule has 1 rings (SSSR count). The topological polar surface area (TPSA) is 70.6 Å². The van der Waals surface area contributed by atoms with E-state index >= 15 is 0 Å². The second-order valence-corrected chi connectivity index (χ2v) is 3.67. The third kappa shape index (κ3) is 4.12. The van der Waals surface area contributed by atoms with Crippen molar-refractivity contribution in [2.75, 3.05) is 6.54 Å². The molecule has 76 valence electrons. The molecule has 0 saturated heterocycles. The third-order valence-electron chi connectivity index (χ3n) is 2.64. The highest BCUT2D eigenvalue weighted by atomic mass is 16.5. The lowest BCUT2D eigenvalue weighted by Crippen LogP contribution is -2.28. The van der Waals surface area contributed by atoms with Gasteiger partial charge in [0.2, 0.25) is 5.96 Å². The van der Waals surface area contributed by atoms with Crippen molar-refractivity contribution in [1.82, 2.24) is 5.48 Å². The van der Waals surface area contributed by atoms with Gasteiger partial charge in [-0.15, -0.1) is 0 Å². The number of hydrogen-bond acceptors (Lipinski definition) is 2. The van der Waals surface area contributed by atoms with Gasteiger partial charge in [-0.3, -0.25) is 10.2 Å². The van der Waals surface area contributed by atoms with Gasteiger partial charge in [-0.2, -0.15) is 0 Å². The first kappa shape index (κ1) is 10.3. The van der Waals surface area contributed by atoms with Gasteiger partial charge in [-0.25, -0.2) is 5.48 Å². The van der Waals surface area contributed by atoms with Gasteiger partial charge in [0.05, 0.1) is 0 Å². The van der Waals surface area contributed by atoms with E-state index in [9.17, 15) is 0 Å². The second kappa shape index (κ2) is 5.80. The largest absolute Gasteiger partial charge is 0.368 e. The standard InChI is InChI=1S/C9H19N3O/c10-9(12-13)11-7-3-6-8-4-1-2-5-8/h8,13H,1-7H2,(H3,10,11,12). The number of hydroxylamine groups is 1. The molecular weight excluding hydrogens is 166 g/mol. The Bertz CT molecular complexity index is 164. The van der Waals surface area contributed by atoms with Crippen LogP contribution in [0.1, 0.15) is 38.5 Å². The van der Waals surface area contributed by atoms with E-state index in [4.69, 9.17) is 10.9 Å². The maximum Gasteiger partial charge on any atom is 0.212 e. The number of nitrogens with zero attached hydrogens (tertiary/aromatic N) is 1. The van der Waals surface area contributed by atoms with Crippen molar-refractivity contribution in [2.24, 2.45) is 16.6 Å². The van der Waals surface area contributed by atoms with Crippen molar-refractivity contribution >= 4 is 5.96 Å². The van der Waals surface area contributed by atoms with Gasteiger partial charge in [0, 0.05) is 6.54 Å². The Morgan fingerprint density at radius 2 is 2.15 bits per heavy atom. The second-order valence-electron chi connectivity index (χ2n) is 3.67. The maximum atomic E-state index is 8.34. The van der Waals surface area contributed by atoms with Crippen molar-refractivity contribution < 1.29 is 5.21 Å². The summed E-state index contributed by atoms with van der Waals surface area (Å²) in [5, 5.41) is 8.34. The van der Waals surface area contributed by atoms with E-state index in [0.29, 0.717) is 0 Å². The molecule has 1 fully saturated rings. The highest BCUT2D eigenvalue weighted by Crippen LogP contribution is 2.28. The molecule has 1 saturated carbocycles. The monoisotopic (exact) mass is 185 g/mol. The number of nitrogens with one attached hydrogen (secondary N) is 1. The number of hydrogen-bond donors (Lipinski definition) is 3. The average molecular weight is 185 g/mol. The van der Waals surface area contributed by atoms with Gasteiger partial charge in [0.15, 0.2) is 0 Å². The molecule has 0 atom stereocenters. The molecule has 4 nitrogen and oxygen atoms in total. The van der Waals surface area contributed by atoms with Crippen molar-refractivity contribution in [3.63, 3.8) is 0 Å². The van der Waals surface area contributed by atoms with Gasteiger partial charge in [-0.1, -0.05) is 25.7 Å². The van der Waals surface area contributed by atoms with Crippen LogP contribution in [0.15, 0.2) is 4.99 Å². The highest BCUT2D eigenvalue weighted by Gasteiger charge is 2.13. The van der Waals surface area contributed by atoms with E-state index in [-0.39, 0.29) is 5.96 Å². The predicted octanol–water partition coefficient (Wildman–Crippen LogP) is 1.25. The van der Waals surface area contributed by atoms with Crippen LogP contribution in [-0.4, -0.2) is 17.7 Å². The van der Waals surface area contributed by atoms with Crippen molar-refractivity contribution in [3.05, 3.63) is 0 Å². The Morgan fingerprint density at radius 1 is 1.46 bits per heavy atom. The maximum absolute atomic E-state index is 8.34. The van der Waals surface area contributed by atoms with Gasteiger partial charge >= 0.3 is 0 Å². The van der Waals surface area contributed by atoms with Crippen LogP contribution < -0.4 is 11.2 Å². The summed E-state index contributed by atoms with van der Waals surface area (Å²) in [5.74, 6) is 1.03. The van der Waals surface area contributed by atoms with E-state index in [1.807, 2.05) is 5.48 Å². The Hall–Kier alpha value is -0.770. The third-order valence-corrected chi connectivity index (χ3v) is 2.64. The molecule has 0 bridgehead atoms. The molecule has 0 radical (unpaired) electrons. The minimum absolute atomic E-state index is 0.117. The first-order valence-electron chi connectivity index (χ1n) is 5.03. The van der Waals surface area contributed by atoms with E-state index in [1.54, 1.807) is 0 Å². The Labute approximate surface area is 79.2 Å². The van der Waals surface area contributed by atoms with E-state index < -0.39 is 0 Å². The smallest absolute Gasteiger partial charge is 0.212 e. The van der Waals surface area contributed by atoms with Crippen LogP contribution in [0.25, 0.3) is 0 Å². The summed E-state index contributed by atoms with van der Waals surface area (Å²) in [5.41, 5.74) is 7.08. The summed E-state index contributed by atoms with van der Waals surface area (Å²) in [6, 6.07) is 0. The molecule has 1 aliphatic carbocycles. The van der Waals surface area contributed by atoms with Crippen LogP contribution in [0, 0.1) is 5.92 Å². The SMILES string of the molecule is NC(=NCCCC1CCCC1)NO. The van der Waals surface area contributed by atoms with Crippen LogP contribution in [0.3, 0.4) is 0 Å². The molecule has 0 unspecified atom stereocenters. The lowest BCUT2D eigenvalue weighted by molar-refractivity contribution is 0.232. The summed E-state index contributed by atoms with van der Waals surface area (Å²) in [4.78, 5) is 3.94. The minimum Gasteiger partial charge on any atom is -0.368 e. The van der Waals surface area contributed by atoms with Crippen molar-refractivity contribution in [2.45, 2.75) is 38.5 Å². The molecule has 4 heteroatoms. The van der Waals surface area contributed by atoms with Gasteiger partial charge in [-0.05, 0) is 18.8 Å². The van der Waals surface area contributed by atoms with Crippen molar-refractivity contribution in [1.29, 1.82) is 0 Å². The van der Waals surface area contributed by atoms with E-state index in [2.05, 4.69) is 4.99 Å². The van der Waals surface area contributed by atoms with Crippen LogP contribution in [-0.2, 0) is 0 Å². The normalized spacial score (nSPS) is 19.3. The summed E-state index contributed by atoms with van der Waals surface area (Å²) in [6.07, 6.45) is 7.90. The molecule has 1 aliphatic rings. The molecule has 0 heterocycles. The predicted molar refractivity (Wildman–Crippen MR) is 52.6 cm³/mol. The molecule has 0 amide bonds. The number of nitrogens with two attached hydrogens (primary N) is 1. The summed E-state index contributed by atoms with van der Waals surface area (Å²) in [7, 11) is 0. The zero-order chi connectivity index (χ0) is 9.52. The zero-order valence-corrected chi connectivity index (χ0v) is 8.00. The van der Waals surface area contributed by atoms with Crippen molar-refractivity contribution in [3.8, 4) is 0 Å². The average Bonchev–Trinajstić information content (AvgIpc) is 2.64. The fourth-order valence-corrected chi connectivity index (χ4v) is 1.91. The number of guanidine groups is 1. The molecule has 0 spiro atoms. The van der Waals surface area contributed by atoms with Crippen LogP contribution in [0.4, 0.5) is 0 Å². The molecule has 13 heavy (non-hydrogen) atoms. The molecule has 0 aromatic carbocycles. The quantitative estimate of drug-likeness (QED) is 0.267. The molecule has 4 N–H and O–H groups in total. The van der Waals surface area contributed by atoms with E-state index in [0.717, 1.165) is 18.9 Å². The molecular formula is C9H19N3O. The molecule has 0 aromatic heterocycles. The minimum atomic E-state index is 0.117. The highest BCUT2D eigenvalue weighted by molar-refractivity contribution is 5.76. The van der Waals surface area contributed by atoms with Gasteiger partial charge < -0.3 is 5.73 Å². The van der Waals surface area contributed by atoms with Gasteiger partial charge in [0.1, 0.15) is 0 Å². The van der Waals surface area contributed by atoms with Gasteiger partial charge in [0.25, 0.3) is 0 Å². The van der Waals surface area contributed by atoms with E-state index in [1.165, 1.54) is 32.1 Å². The Kier molecular flexibility index (Phi) is 4.60. The fraction of sp³-hybridized carbons (Fsp3) is 0.889. The lowest BCUT2D eigenvalue weighted by Gasteiger charge is -2.06. The lowest BCUT2D eigenvalue weighted by atomic mass is 10.0. The molecule has 0 aliphatic heterocycles. The Balaban J connectivity index is 2.00. The van der Waals surface area contributed by atoms with Crippen LogP contribution >= 0.6 is 0 Å². The first-order valence-corrected chi connectivity index (χ1v) is 5.03. The molecule has 0 aromatic rings. The zero-order valence-electron chi connectivity index (χ0n) is 8.00. The summed E-state index contributed by atoms with van der Waals surface area (Å²) < 4.78 is 0. The van der Waals surface area contributed by atoms with Crippen LogP contribution in [0.5, 0.6) is 0 Å². The first-order chi connectivity index (χ1) is 6.33. The number of aliphatic imine (C=N–C) groups is 1. The fourth-order valence-electron chi connectivity index (χ4n) is 1.91. The number of rotatable bonds is 4. The summed E-state index contributed by atoms with van der Waals surface area (Å²) in [6.45, 7) is 0.718. The summed E-state index contributed by atoms with van der Waals surface area (Å²) >= 11 is 0. The Morgan fingerprint density at radius 3 is 2.77 bits per heavy atom.